The third-order valence-electron chi connectivity index (χ3n) is 3.07. The molecule has 0 saturated carbocycles. The lowest BCUT2D eigenvalue weighted by Crippen LogP contribution is -2.35. The quantitative estimate of drug-likeness (QED) is 0.796. The van der Waals surface area contributed by atoms with Gasteiger partial charge in [0.15, 0.2) is 0 Å². The molecule has 2 rings (SSSR count). The number of benzene rings is 1. The Morgan fingerprint density at radius 1 is 1.44 bits per heavy atom. The highest BCUT2D eigenvalue weighted by molar-refractivity contribution is 6.18. The van der Waals surface area contributed by atoms with Gasteiger partial charge in [0.1, 0.15) is 11.5 Å². The average molecular weight is 246 g/mol. The second-order valence-electron chi connectivity index (χ2n) is 4.23. The van der Waals surface area contributed by atoms with Gasteiger partial charge in [-0.3, -0.25) is 4.79 Å². The van der Waals surface area contributed by atoms with Crippen molar-refractivity contribution < 1.29 is 9.18 Å². The Hall–Kier alpha value is -2.10. The van der Waals surface area contributed by atoms with Crippen LogP contribution in [0.4, 0.5) is 4.39 Å². The summed E-state index contributed by atoms with van der Waals surface area (Å²) in [6, 6.07) is 4.98. The van der Waals surface area contributed by atoms with E-state index in [1.165, 1.54) is 6.07 Å². The van der Waals surface area contributed by atoms with Gasteiger partial charge in [-0.1, -0.05) is 25.6 Å². The zero-order valence-electron chi connectivity index (χ0n) is 10.2. The summed E-state index contributed by atoms with van der Waals surface area (Å²) < 4.78 is 13.6. The SMILES string of the molecule is C=C1C(=O)C(NCc2cc(CC)ccc2F)=C1N. The Balaban J connectivity index is 2.12. The Kier molecular flexibility index (Phi) is 3.19. The van der Waals surface area contributed by atoms with Crippen LogP contribution in [-0.2, 0) is 17.8 Å². The fourth-order valence-corrected chi connectivity index (χ4v) is 1.83. The number of carbonyl (C=O) groups is 1. The minimum Gasteiger partial charge on any atom is -0.396 e. The molecule has 18 heavy (non-hydrogen) atoms. The number of carbonyl (C=O) groups excluding carboxylic acids is 1. The number of hydrogen-bond acceptors (Lipinski definition) is 3. The molecular formula is C14H15FN2O. The first-order valence-corrected chi connectivity index (χ1v) is 5.79. The minimum absolute atomic E-state index is 0.195. The van der Waals surface area contributed by atoms with Gasteiger partial charge in [0.05, 0.1) is 5.70 Å². The lowest BCUT2D eigenvalue weighted by Gasteiger charge is -2.22. The molecule has 94 valence electrons. The Bertz CT molecular complexity index is 561. The molecule has 0 heterocycles. The topological polar surface area (TPSA) is 55.1 Å². The predicted molar refractivity (Wildman–Crippen MR) is 68.0 cm³/mol. The number of rotatable bonds is 4. The van der Waals surface area contributed by atoms with Crippen molar-refractivity contribution in [3.63, 3.8) is 0 Å². The zero-order valence-corrected chi connectivity index (χ0v) is 10.2. The second kappa shape index (κ2) is 4.64. The van der Waals surface area contributed by atoms with Gasteiger partial charge >= 0.3 is 0 Å². The van der Waals surface area contributed by atoms with Crippen LogP contribution >= 0.6 is 0 Å². The first kappa shape index (κ1) is 12.4. The number of nitrogens with two attached hydrogens (primary N) is 1. The van der Waals surface area contributed by atoms with Gasteiger partial charge in [-0.2, -0.15) is 0 Å². The summed E-state index contributed by atoms with van der Waals surface area (Å²) in [5, 5.41) is 2.86. The van der Waals surface area contributed by atoms with Gasteiger partial charge in [-0.05, 0) is 18.1 Å². The molecule has 1 aromatic carbocycles. The van der Waals surface area contributed by atoms with Crippen LogP contribution in [0, 0.1) is 5.82 Å². The van der Waals surface area contributed by atoms with E-state index in [9.17, 15) is 9.18 Å². The maximum absolute atomic E-state index is 13.6. The van der Waals surface area contributed by atoms with Crippen molar-refractivity contribution in [1.82, 2.24) is 5.32 Å². The molecule has 0 unspecified atom stereocenters. The lowest BCUT2D eigenvalue weighted by molar-refractivity contribution is -0.113. The van der Waals surface area contributed by atoms with Crippen LogP contribution in [0.3, 0.4) is 0 Å². The number of allylic oxidation sites excluding steroid dienone is 2. The summed E-state index contributed by atoms with van der Waals surface area (Å²) in [5.74, 6) is -0.482. The molecule has 0 radical (unpaired) electrons. The standard InChI is InChI=1S/C14H15FN2O/c1-3-9-4-5-11(15)10(6-9)7-17-13-12(16)8(2)14(13)18/h4-6,17H,2-3,7,16H2,1H3. The lowest BCUT2D eigenvalue weighted by atomic mass is 9.93. The van der Waals surface area contributed by atoms with Gasteiger partial charge in [-0.15, -0.1) is 0 Å². The average Bonchev–Trinajstić information content (AvgIpc) is 2.40. The fourth-order valence-electron chi connectivity index (χ4n) is 1.83. The maximum atomic E-state index is 13.6. The van der Waals surface area contributed by atoms with E-state index in [4.69, 9.17) is 5.73 Å². The van der Waals surface area contributed by atoms with Gasteiger partial charge in [-0.25, -0.2) is 4.39 Å². The Morgan fingerprint density at radius 2 is 2.17 bits per heavy atom. The normalized spacial score (nSPS) is 14.8. The fraction of sp³-hybridized carbons (Fsp3) is 0.214. The molecule has 0 bridgehead atoms. The Morgan fingerprint density at radius 3 is 2.78 bits per heavy atom. The molecule has 4 heteroatoms. The Labute approximate surface area is 105 Å². The molecule has 0 amide bonds. The molecule has 0 aliphatic heterocycles. The van der Waals surface area contributed by atoms with Gasteiger partial charge in [0.25, 0.3) is 0 Å². The maximum Gasteiger partial charge on any atom is 0.212 e. The predicted octanol–water partition coefficient (Wildman–Crippen LogP) is 1.79. The van der Waals surface area contributed by atoms with Crippen LogP contribution in [0.25, 0.3) is 0 Å². The molecular weight excluding hydrogens is 231 g/mol. The molecule has 3 nitrogen and oxygen atoms in total. The third kappa shape index (κ3) is 2.01. The summed E-state index contributed by atoms with van der Waals surface area (Å²) in [6.07, 6.45) is 0.841. The van der Waals surface area contributed by atoms with Crippen molar-refractivity contribution in [2.24, 2.45) is 5.73 Å². The van der Waals surface area contributed by atoms with E-state index in [0.717, 1.165) is 12.0 Å². The van der Waals surface area contributed by atoms with Crippen molar-refractivity contribution in [3.05, 3.63) is 58.7 Å². The van der Waals surface area contributed by atoms with E-state index in [2.05, 4.69) is 11.9 Å². The highest BCUT2D eigenvalue weighted by Gasteiger charge is 2.29. The van der Waals surface area contributed by atoms with E-state index < -0.39 is 0 Å². The molecule has 1 aromatic rings. The molecule has 0 spiro atoms. The summed E-state index contributed by atoms with van der Waals surface area (Å²) in [6.45, 7) is 5.78. The van der Waals surface area contributed by atoms with Crippen molar-refractivity contribution in [1.29, 1.82) is 0 Å². The number of hydrogen-bond donors (Lipinski definition) is 2. The molecule has 1 aliphatic rings. The second-order valence-corrected chi connectivity index (χ2v) is 4.23. The summed E-state index contributed by atoms with van der Waals surface area (Å²) >= 11 is 0. The van der Waals surface area contributed by atoms with E-state index in [-0.39, 0.29) is 18.1 Å². The van der Waals surface area contributed by atoms with Crippen LogP contribution in [0.15, 0.2) is 41.7 Å². The number of Topliss-reactive ketones (excluding diaryl/α,β-unsaturated/α-hetero) is 1. The van der Waals surface area contributed by atoms with Crippen molar-refractivity contribution >= 4 is 5.78 Å². The first-order valence-electron chi connectivity index (χ1n) is 5.79. The molecule has 0 fully saturated rings. The van der Waals surface area contributed by atoms with Gasteiger partial charge in [0.2, 0.25) is 5.78 Å². The van der Waals surface area contributed by atoms with Crippen molar-refractivity contribution in [2.45, 2.75) is 19.9 Å². The summed E-state index contributed by atoms with van der Waals surface area (Å²) in [7, 11) is 0. The van der Waals surface area contributed by atoms with Crippen LogP contribution in [-0.4, -0.2) is 5.78 Å². The smallest absolute Gasteiger partial charge is 0.212 e. The summed E-state index contributed by atoms with van der Waals surface area (Å²) in [4.78, 5) is 11.4. The number of aryl methyl sites for hydroxylation is 1. The van der Waals surface area contributed by atoms with E-state index in [0.29, 0.717) is 22.5 Å². The largest absolute Gasteiger partial charge is 0.396 e. The number of nitrogens with one attached hydrogen (secondary N) is 1. The molecule has 3 N–H and O–H groups in total. The van der Waals surface area contributed by atoms with Gasteiger partial charge in [0, 0.05) is 17.7 Å². The van der Waals surface area contributed by atoms with Crippen LogP contribution in [0.1, 0.15) is 18.1 Å². The van der Waals surface area contributed by atoms with Crippen LogP contribution in [0.5, 0.6) is 0 Å². The zero-order chi connectivity index (χ0) is 13.3. The van der Waals surface area contributed by atoms with E-state index in [1.807, 2.05) is 6.92 Å². The highest BCUT2D eigenvalue weighted by Crippen LogP contribution is 2.22. The summed E-state index contributed by atoms with van der Waals surface area (Å²) in [5.41, 5.74) is 8.22. The molecule has 1 aliphatic carbocycles. The van der Waals surface area contributed by atoms with Crippen LogP contribution < -0.4 is 11.1 Å². The minimum atomic E-state index is -0.288. The van der Waals surface area contributed by atoms with E-state index >= 15 is 0 Å². The molecule has 0 aromatic heterocycles. The van der Waals surface area contributed by atoms with Gasteiger partial charge < -0.3 is 11.1 Å². The monoisotopic (exact) mass is 246 g/mol. The van der Waals surface area contributed by atoms with E-state index in [1.54, 1.807) is 12.1 Å². The third-order valence-corrected chi connectivity index (χ3v) is 3.07. The number of halogens is 1. The van der Waals surface area contributed by atoms with Crippen LogP contribution in [0.2, 0.25) is 0 Å². The molecule has 0 saturated heterocycles. The number of ketones is 1. The highest BCUT2D eigenvalue weighted by atomic mass is 19.1. The van der Waals surface area contributed by atoms with Crippen molar-refractivity contribution in [3.8, 4) is 0 Å². The first-order chi connectivity index (χ1) is 8.54. The molecule has 0 atom stereocenters. The van der Waals surface area contributed by atoms with Crippen molar-refractivity contribution in [2.75, 3.05) is 0 Å².